The molecule has 0 fully saturated rings. The second kappa shape index (κ2) is 8.31. The van der Waals surface area contributed by atoms with E-state index in [9.17, 15) is 9.59 Å². The summed E-state index contributed by atoms with van der Waals surface area (Å²) in [6.45, 7) is 1.78. The number of ketones is 1. The molecule has 2 aromatic heterocycles. The number of nitrogens with two attached hydrogens (primary N) is 1. The Kier molecular flexibility index (Phi) is 5.41. The molecule has 0 unspecified atom stereocenters. The average Bonchev–Trinajstić information content (AvgIpc) is 3.08. The standard InChI is InChI=1S/C24H19N3O2S/c1-15-18(20(28)13-12-16-8-4-2-5-9-16)14-19-21(25)22(30-24(19)26-15)23(29)27-17-10-6-3-7-11-17/h2-14H,25H2,1H3,(H,27,29)/b13-12+. The van der Waals surface area contributed by atoms with Gasteiger partial charge in [-0.25, -0.2) is 4.98 Å². The van der Waals surface area contributed by atoms with Gasteiger partial charge in [-0.05, 0) is 36.8 Å². The van der Waals surface area contributed by atoms with Crippen molar-refractivity contribution >= 4 is 50.7 Å². The summed E-state index contributed by atoms with van der Waals surface area (Å²) >= 11 is 1.22. The largest absolute Gasteiger partial charge is 0.397 e. The molecule has 2 aromatic carbocycles. The molecule has 0 aliphatic carbocycles. The fraction of sp³-hybridized carbons (Fsp3) is 0.0417. The Labute approximate surface area is 177 Å². The molecule has 0 atom stereocenters. The predicted octanol–water partition coefficient (Wildman–Crippen LogP) is 5.34. The molecule has 0 spiro atoms. The lowest BCUT2D eigenvalue weighted by Gasteiger charge is -2.04. The number of hydrogen-bond donors (Lipinski definition) is 2. The van der Waals surface area contributed by atoms with Crippen LogP contribution in [0.5, 0.6) is 0 Å². The lowest BCUT2D eigenvalue weighted by atomic mass is 10.1. The third kappa shape index (κ3) is 3.99. The second-order valence-electron chi connectivity index (χ2n) is 6.75. The fourth-order valence-corrected chi connectivity index (χ4v) is 4.10. The number of aromatic nitrogens is 1. The van der Waals surface area contributed by atoms with E-state index in [1.54, 1.807) is 31.2 Å². The maximum absolute atomic E-state index is 12.7. The molecule has 30 heavy (non-hydrogen) atoms. The normalized spacial score (nSPS) is 11.1. The quantitative estimate of drug-likeness (QED) is 0.342. The number of pyridine rings is 1. The van der Waals surface area contributed by atoms with Crippen LogP contribution in [0.1, 0.15) is 31.3 Å². The number of aryl methyl sites for hydroxylation is 1. The second-order valence-corrected chi connectivity index (χ2v) is 7.75. The Balaban J connectivity index is 1.65. The lowest BCUT2D eigenvalue weighted by Crippen LogP contribution is -2.11. The van der Waals surface area contributed by atoms with Crippen molar-refractivity contribution in [2.75, 3.05) is 11.1 Å². The van der Waals surface area contributed by atoms with E-state index in [0.29, 0.717) is 37.7 Å². The highest BCUT2D eigenvalue weighted by molar-refractivity contribution is 7.21. The maximum atomic E-state index is 12.7. The Morgan fingerprint density at radius 3 is 2.40 bits per heavy atom. The molecule has 5 nitrogen and oxygen atoms in total. The highest BCUT2D eigenvalue weighted by atomic mass is 32.1. The molecule has 0 aliphatic rings. The van der Waals surface area contributed by atoms with Crippen molar-refractivity contribution in [3.05, 3.63) is 94.5 Å². The summed E-state index contributed by atoms with van der Waals surface area (Å²) in [5.41, 5.74) is 9.28. The van der Waals surface area contributed by atoms with Gasteiger partial charge < -0.3 is 11.1 Å². The molecule has 0 aliphatic heterocycles. The van der Waals surface area contributed by atoms with E-state index in [4.69, 9.17) is 5.73 Å². The number of para-hydroxylation sites is 1. The van der Waals surface area contributed by atoms with Crippen LogP contribution >= 0.6 is 11.3 Å². The molecule has 0 saturated heterocycles. The van der Waals surface area contributed by atoms with E-state index >= 15 is 0 Å². The van der Waals surface area contributed by atoms with Crippen LogP contribution in [0.15, 0.2) is 72.8 Å². The van der Waals surface area contributed by atoms with E-state index in [2.05, 4.69) is 10.3 Å². The number of thiophene rings is 1. The summed E-state index contributed by atoms with van der Waals surface area (Å²) in [6.07, 6.45) is 3.29. The molecule has 2 heterocycles. The third-order valence-electron chi connectivity index (χ3n) is 4.64. The number of rotatable bonds is 5. The lowest BCUT2D eigenvalue weighted by molar-refractivity contribution is 0.102. The summed E-state index contributed by atoms with van der Waals surface area (Å²) in [5, 5.41) is 3.45. The van der Waals surface area contributed by atoms with Gasteiger partial charge in [0.25, 0.3) is 5.91 Å². The summed E-state index contributed by atoms with van der Waals surface area (Å²) in [7, 11) is 0. The van der Waals surface area contributed by atoms with Gasteiger partial charge in [0, 0.05) is 16.6 Å². The number of fused-ring (bicyclic) bond motifs is 1. The first kappa shape index (κ1) is 19.5. The Hall–Kier alpha value is -3.77. The van der Waals surface area contributed by atoms with Gasteiger partial charge in [-0.15, -0.1) is 11.3 Å². The molecular weight excluding hydrogens is 394 g/mol. The number of carbonyl (C=O) groups excluding carboxylic acids is 2. The van der Waals surface area contributed by atoms with E-state index in [1.165, 1.54) is 17.4 Å². The highest BCUT2D eigenvalue weighted by Gasteiger charge is 2.20. The molecule has 4 aromatic rings. The molecule has 6 heteroatoms. The maximum Gasteiger partial charge on any atom is 0.267 e. The van der Waals surface area contributed by atoms with Crippen molar-refractivity contribution in [1.82, 2.24) is 4.98 Å². The number of benzene rings is 2. The Bertz CT molecular complexity index is 1260. The number of hydrogen-bond acceptors (Lipinski definition) is 5. The zero-order chi connectivity index (χ0) is 21.1. The zero-order valence-electron chi connectivity index (χ0n) is 16.3. The number of nitrogen functional groups attached to an aromatic ring is 1. The summed E-state index contributed by atoms with van der Waals surface area (Å²) < 4.78 is 0. The van der Waals surface area contributed by atoms with Crippen LogP contribution in [0.4, 0.5) is 11.4 Å². The van der Waals surface area contributed by atoms with Gasteiger partial charge >= 0.3 is 0 Å². The van der Waals surface area contributed by atoms with Crippen molar-refractivity contribution < 1.29 is 9.59 Å². The molecule has 1 amide bonds. The van der Waals surface area contributed by atoms with Crippen LogP contribution in [0.2, 0.25) is 0 Å². The summed E-state index contributed by atoms with van der Waals surface area (Å²) in [5.74, 6) is -0.456. The number of allylic oxidation sites excluding steroid dienone is 1. The number of nitrogens with zero attached hydrogens (tertiary/aromatic N) is 1. The minimum Gasteiger partial charge on any atom is -0.397 e. The predicted molar refractivity (Wildman–Crippen MR) is 123 cm³/mol. The first-order valence-electron chi connectivity index (χ1n) is 9.36. The number of carbonyl (C=O) groups is 2. The van der Waals surface area contributed by atoms with Gasteiger partial charge in [-0.1, -0.05) is 54.6 Å². The van der Waals surface area contributed by atoms with Gasteiger partial charge in [0.15, 0.2) is 5.78 Å². The number of amides is 1. The van der Waals surface area contributed by atoms with Crippen molar-refractivity contribution in [2.45, 2.75) is 6.92 Å². The van der Waals surface area contributed by atoms with Gasteiger partial charge in [-0.2, -0.15) is 0 Å². The topological polar surface area (TPSA) is 85.1 Å². The van der Waals surface area contributed by atoms with Crippen molar-refractivity contribution in [2.24, 2.45) is 0 Å². The SMILES string of the molecule is Cc1nc2sc(C(=O)Nc3ccccc3)c(N)c2cc1C(=O)/C=C/c1ccccc1. The number of anilines is 2. The van der Waals surface area contributed by atoms with Crippen LogP contribution in [0.3, 0.4) is 0 Å². The van der Waals surface area contributed by atoms with E-state index < -0.39 is 0 Å². The van der Waals surface area contributed by atoms with Crippen LogP contribution in [-0.4, -0.2) is 16.7 Å². The Morgan fingerprint density at radius 1 is 1.03 bits per heavy atom. The van der Waals surface area contributed by atoms with E-state index in [1.807, 2.05) is 48.5 Å². The molecular formula is C24H19N3O2S. The third-order valence-corrected chi connectivity index (χ3v) is 5.76. The smallest absolute Gasteiger partial charge is 0.267 e. The van der Waals surface area contributed by atoms with Crippen LogP contribution in [-0.2, 0) is 0 Å². The first-order valence-corrected chi connectivity index (χ1v) is 10.2. The zero-order valence-corrected chi connectivity index (χ0v) is 17.1. The summed E-state index contributed by atoms with van der Waals surface area (Å²) in [4.78, 5) is 31.0. The van der Waals surface area contributed by atoms with Crippen molar-refractivity contribution in [1.29, 1.82) is 0 Å². The molecule has 3 N–H and O–H groups in total. The minimum absolute atomic E-state index is 0.161. The monoisotopic (exact) mass is 413 g/mol. The highest BCUT2D eigenvalue weighted by Crippen LogP contribution is 2.34. The average molecular weight is 414 g/mol. The minimum atomic E-state index is -0.295. The Morgan fingerprint density at radius 2 is 1.70 bits per heavy atom. The summed E-state index contributed by atoms with van der Waals surface area (Å²) in [6, 6.07) is 20.5. The first-order chi connectivity index (χ1) is 14.5. The van der Waals surface area contributed by atoms with Gasteiger partial charge in [-0.3, -0.25) is 9.59 Å². The molecule has 4 rings (SSSR count). The molecule has 148 valence electrons. The van der Waals surface area contributed by atoms with E-state index in [0.717, 1.165) is 5.56 Å². The molecule has 0 saturated carbocycles. The van der Waals surface area contributed by atoms with Crippen molar-refractivity contribution in [3.63, 3.8) is 0 Å². The molecule has 0 bridgehead atoms. The van der Waals surface area contributed by atoms with Crippen molar-refractivity contribution in [3.8, 4) is 0 Å². The molecule has 0 radical (unpaired) electrons. The number of nitrogens with one attached hydrogen (secondary N) is 1. The van der Waals surface area contributed by atoms with Crippen LogP contribution in [0, 0.1) is 6.92 Å². The van der Waals surface area contributed by atoms with E-state index in [-0.39, 0.29) is 11.7 Å². The van der Waals surface area contributed by atoms with Gasteiger partial charge in [0.1, 0.15) is 9.71 Å². The fourth-order valence-electron chi connectivity index (χ4n) is 3.08. The van der Waals surface area contributed by atoms with Gasteiger partial charge in [0.05, 0.1) is 11.4 Å². The van der Waals surface area contributed by atoms with Crippen LogP contribution < -0.4 is 11.1 Å². The van der Waals surface area contributed by atoms with Crippen LogP contribution in [0.25, 0.3) is 16.3 Å². The van der Waals surface area contributed by atoms with Gasteiger partial charge in [0.2, 0.25) is 0 Å².